The average molecular weight is 395 g/mol. The SMILES string of the molecule is CCC[C@H](NC(=O)Cc1cc(F)cc(F)c1)C(=O)Nc1ncc(C(C)=O)s1. The van der Waals surface area contributed by atoms with Gasteiger partial charge < -0.3 is 10.6 Å². The van der Waals surface area contributed by atoms with E-state index in [-0.39, 0.29) is 22.9 Å². The molecule has 0 saturated heterocycles. The van der Waals surface area contributed by atoms with E-state index in [0.717, 1.165) is 29.5 Å². The molecule has 6 nitrogen and oxygen atoms in total. The number of ketones is 1. The minimum Gasteiger partial charge on any atom is -0.344 e. The van der Waals surface area contributed by atoms with Gasteiger partial charge in [0.2, 0.25) is 11.8 Å². The highest BCUT2D eigenvalue weighted by Crippen LogP contribution is 2.19. The first-order valence-electron chi connectivity index (χ1n) is 8.30. The summed E-state index contributed by atoms with van der Waals surface area (Å²) in [7, 11) is 0. The number of thiazole rings is 1. The van der Waals surface area contributed by atoms with Crippen LogP contribution in [0.4, 0.5) is 13.9 Å². The number of rotatable bonds is 8. The summed E-state index contributed by atoms with van der Waals surface area (Å²) >= 11 is 1.04. The standard InChI is InChI=1S/C18H19F2N3O3S/c1-3-4-14(17(26)23-18-21-9-15(27-18)10(2)24)22-16(25)7-11-5-12(19)8-13(20)6-11/h5-6,8-9,14H,3-4,7H2,1-2H3,(H,22,25)(H,21,23,26)/t14-/m0/s1. The zero-order chi connectivity index (χ0) is 20.0. The van der Waals surface area contributed by atoms with Gasteiger partial charge in [-0.2, -0.15) is 0 Å². The lowest BCUT2D eigenvalue weighted by Gasteiger charge is -2.17. The third kappa shape index (κ3) is 6.21. The van der Waals surface area contributed by atoms with Crippen LogP contribution < -0.4 is 10.6 Å². The molecule has 1 heterocycles. The van der Waals surface area contributed by atoms with Crippen LogP contribution in [0.15, 0.2) is 24.4 Å². The van der Waals surface area contributed by atoms with E-state index < -0.39 is 29.5 Å². The van der Waals surface area contributed by atoms with E-state index in [1.54, 1.807) is 0 Å². The smallest absolute Gasteiger partial charge is 0.248 e. The van der Waals surface area contributed by atoms with E-state index in [4.69, 9.17) is 0 Å². The Morgan fingerprint density at radius 3 is 2.41 bits per heavy atom. The van der Waals surface area contributed by atoms with Gasteiger partial charge in [0, 0.05) is 13.0 Å². The second-order valence-electron chi connectivity index (χ2n) is 5.94. The molecule has 2 amide bonds. The molecular weight excluding hydrogens is 376 g/mol. The zero-order valence-corrected chi connectivity index (χ0v) is 15.7. The Bertz CT molecular complexity index is 834. The summed E-state index contributed by atoms with van der Waals surface area (Å²) in [5, 5.41) is 5.40. The first kappa shape index (κ1) is 20.6. The first-order valence-corrected chi connectivity index (χ1v) is 9.12. The van der Waals surface area contributed by atoms with Gasteiger partial charge in [0.05, 0.1) is 17.5 Å². The fraction of sp³-hybridized carbons (Fsp3) is 0.333. The van der Waals surface area contributed by atoms with Gasteiger partial charge in [-0.25, -0.2) is 13.8 Å². The molecule has 2 rings (SSSR count). The van der Waals surface area contributed by atoms with Crippen LogP contribution in [0.5, 0.6) is 0 Å². The second kappa shape index (κ2) is 9.31. The van der Waals surface area contributed by atoms with Crippen LogP contribution in [-0.4, -0.2) is 28.6 Å². The highest BCUT2D eigenvalue weighted by molar-refractivity contribution is 7.17. The minimum atomic E-state index is -0.828. The molecule has 1 aromatic heterocycles. The molecule has 0 aliphatic carbocycles. The van der Waals surface area contributed by atoms with Gasteiger partial charge in [0.1, 0.15) is 17.7 Å². The van der Waals surface area contributed by atoms with E-state index in [1.165, 1.54) is 13.1 Å². The fourth-order valence-corrected chi connectivity index (χ4v) is 3.10. The van der Waals surface area contributed by atoms with Crippen LogP contribution in [0.25, 0.3) is 0 Å². The number of nitrogens with zero attached hydrogens (tertiary/aromatic N) is 1. The van der Waals surface area contributed by atoms with Crippen molar-refractivity contribution >= 4 is 34.1 Å². The van der Waals surface area contributed by atoms with Crippen LogP contribution in [0.2, 0.25) is 0 Å². The Morgan fingerprint density at radius 2 is 1.85 bits per heavy atom. The van der Waals surface area contributed by atoms with Gasteiger partial charge in [-0.1, -0.05) is 24.7 Å². The molecule has 0 saturated carbocycles. The predicted octanol–water partition coefficient (Wildman–Crippen LogP) is 3.09. The Hall–Kier alpha value is -2.68. The molecule has 1 aromatic carbocycles. The van der Waals surface area contributed by atoms with Crippen molar-refractivity contribution in [3.05, 3.63) is 46.5 Å². The molecule has 0 spiro atoms. The van der Waals surface area contributed by atoms with E-state index in [0.29, 0.717) is 17.7 Å². The van der Waals surface area contributed by atoms with E-state index in [1.807, 2.05) is 6.92 Å². The summed E-state index contributed by atoms with van der Waals surface area (Å²) in [5.41, 5.74) is 0.173. The number of amides is 2. The minimum absolute atomic E-state index is 0.159. The van der Waals surface area contributed by atoms with Crippen molar-refractivity contribution in [2.24, 2.45) is 0 Å². The van der Waals surface area contributed by atoms with Crippen molar-refractivity contribution in [3.63, 3.8) is 0 Å². The van der Waals surface area contributed by atoms with Crippen LogP contribution in [0, 0.1) is 11.6 Å². The number of benzene rings is 1. The number of Topliss-reactive ketones (excluding diaryl/α,β-unsaturated/α-hetero) is 1. The maximum Gasteiger partial charge on any atom is 0.248 e. The molecule has 0 aliphatic rings. The molecule has 0 bridgehead atoms. The van der Waals surface area contributed by atoms with Crippen molar-refractivity contribution in [2.45, 2.75) is 39.2 Å². The normalized spacial score (nSPS) is 11.7. The molecular formula is C18H19F2N3O3S. The summed E-state index contributed by atoms with van der Waals surface area (Å²) in [6.07, 6.45) is 2.12. The summed E-state index contributed by atoms with van der Waals surface area (Å²) in [6, 6.07) is 2.02. The third-order valence-corrected chi connectivity index (χ3v) is 4.61. The molecule has 0 unspecified atom stereocenters. The van der Waals surface area contributed by atoms with Crippen LogP contribution in [-0.2, 0) is 16.0 Å². The number of carbonyl (C=O) groups is 3. The van der Waals surface area contributed by atoms with Crippen LogP contribution in [0.3, 0.4) is 0 Å². The van der Waals surface area contributed by atoms with Crippen LogP contribution in [0.1, 0.15) is 41.9 Å². The summed E-state index contributed by atoms with van der Waals surface area (Å²) in [4.78, 5) is 40.3. The number of halogens is 2. The van der Waals surface area contributed by atoms with Crippen molar-refractivity contribution in [1.82, 2.24) is 10.3 Å². The van der Waals surface area contributed by atoms with Gasteiger partial charge in [-0.05, 0) is 24.1 Å². The van der Waals surface area contributed by atoms with Gasteiger partial charge in [0.15, 0.2) is 10.9 Å². The molecule has 2 N–H and O–H groups in total. The zero-order valence-electron chi connectivity index (χ0n) is 14.8. The Labute approximate surface area is 159 Å². The molecule has 0 fully saturated rings. The monoisotopic (exact) mass is 395 g/mol. The van der Waals surface area contributed by atoms with Gasteiger partial charge in [-0.15, -0.1) is 0 Å². The van der Waals surface area contributed by atoms with Crippen molar-refractivity contribution in [3.8, 4) is 0 Å². The molecule has 27 heavy (non-hydrogen) atoms. The molecule has 0 radical (unpaired) electrons. The summed E-state index contributed by atoms with van der Waals surface area (Å²) in [6.45, 7) is 3.25. The number of hydrogen-bond acceptors (Lipinski definition) is 5. The maximum atomic E-state index is 13.2. The van der Waals surface area contributed by atoms with E-state index >= 15 is 0 Å². The predicted molar refractivity (Wildman–Crippen MR) is 97.6 cm³/mol. The highest BCUT2D eigenvalue weighted by atomic mass is 32.1. The quantitative estimate of drug-likeness (QED) is 0.673. The molecule has 0 aliphatic heterocycles. The Kier molecular flexibility index (Phi) is 7.12. The Morgan fingerprint density at radius 1 is 1.19 bits per heavy atom. The van der Waals surface area contributed by atoms with Crippen molar-refractivity contribution in [2.75, 3.05) is 5.32 Å². The number of aromatic nitrogens is 1. The molecule has 1 atom stereocenters. The molecule has 144 valence electrons. The third-order valence-electron chi connectivity index (χ3n) is 3.60. The van der Waals surface area contributed by atoms with E-state index in [2.05, 4.69) is 15.6 Å². The summed E-state index contributed by atoms with van der Waals surface area (Å²) in [5.74, 6) is -2.71. The van der Waals surface area contributed by atoms with E-state index in [9.17, 15) is 23.2 Å². The summed E-state index contributed by atoms with van der Waals surface area (Å²) < 4.78 is 26.5. The molecule has 9 heteroatoms. The fourth-order valence-electron chi connectivity index (χ4n) is 2.39. The number of hydrogen-bond donors (Lipinski definition) is 2. The Balaban J connectivity index is 2.01. The number of nitrogens with one attached hydrogen (secondary N) is 2. The lowest BCUT2D eigenvalue weighted by atomic mass is 10.1. The largest absolute Gasteiger partial charge is 0.344 e. The average Bonchev–Trinajstić information content (AvgIpc) is 3.02. The maximum absolute atomic E-state index is 13.2. The lowest BCUT2D eigenvalue weighted by molar-refractivity contribution is -0.126. The second-order valence-corrected chi connectivity index (χ2v) is 6.97. The lowest BCUT2D eigenvalue weighted by Crippen LogP contribution is -2.44. The van der Waals surface area contributed by atoms with Gasteiger partial charge in [-0.3, -0.25) is 14.4 Å². The van der Waals surface area contributed by atoms with Gasteiger partial charge >= 0.3 is 0 Å². The number of anilines is 1. The van der Waals surface area contributed by atoms with Gasteiger partial charge in [0.25, 0.3) is 0 Å². The highest BCUT2D eigenvalue weighted by Gasteiger charge is 2.21. The van der Waals surface area contributed by atoms with Crippen LogP contribution >= 0.6 is 11.3 Å². The van der Waals surface area contributed by atoms with Crippen molar-refractivity contribution in [1.29, 1.82) is 0 Å². The first-order chi connectivity index (χ1) is 12.8. The molecule has 2 aromatic rings. The topological polar surface area (TPSA) is 88.2 Å². The van der Waals surface area contributed by atoms with Crippen molar-refractivity contribution < 1.29 is 23.2 Å². The number of carbonyl (C=O) groups excluding carboxylic acids is 3.